The number of nitrogens with one attached hydrogen (secondary N) is 1. The molecular weight excluding hydrogens is 279 g/mol. The van der Waals surface area contributed by atoms with Crippen LogP contribution in [0, 0.1) is 12.7 Å². The fraction of sp³-hybridized carbons (Fsp3) is 0.357. The summed E-state index contributed by atoms with van der Waals surface area (Å²) in [5.41, 5.74) is 5.19. The molecule has 1 aromatic heterocycles. The molecule has 0 saturated carbocycles. The molecule has 20 heavy (non-hydrogen) atoms. The van der Waals surface area contributed by atoms with E-state index in [1.165, 1.54) is 12.1 Å². The molecule has 0 fully saturated rings. The Morgan fingerprint density at radius 2 is 2.25 bits per heavy atom. The zero-order chi connectivity index (χ0) is 14.7. The molecule has 1 heterocycles. The number of halogens is 2. The molecule has 0 aliphatic rings. The molecule has 1 atom stereocenters. The van der Waals surface area contributed by atoms with E-state index in [1.807, 2.05) is 24.6 Å². The van der Waals surface area contributed by atoms with E-state index in [0.717, 1.165) is 23.5 Å². The fourth-order valence-electron chi connectivity index (χ4n) is 2.25. The van der Waals surface area contributed by atoms with Gasteiger partial charge in [-0.3, -0.25) is 16.0 Å². The zero-order valence-electron chi connectivity index (χ0n) is 11.5. The van der Waals surface area contributed by atoms with Crippen molar-refractivity contribution in [3.05, 3.63) is 52.1 Å². The maximum Gasteiger partial charge on any atom is 0.123 e. The molecule has 3 N–H and O–H groups in total. The van der Waals surface area contributed by atoms with E-state index in [-0.39, 0.29) is 11.9 Å². The summed E-state index contributed by atoms with van der Waals surface area (Å²) in [6, 6.07) is 6.16. The molecule has 4 nitrogen and oxygen atoms in total. The lowest BCUT2D eigenvalue weighted by atomic mass is 10.0. The van der Waals surface area contributed by atoms with Crippen LogP contribution in [0.25, 0.3) is 0 Å². The first-order valence-corrected chi connectivity index (χ1v) is 6.88. The van der Waals surface area contributed by atoms with Gasteiger partial charge in [-0.05, 0) is 31.5 Å². The highest BCUT2D eigenvalue weighted by atomic mass is 35.5. The topological polar surface area (TPSA) is 55.9 Å². The SMILES string of the molecule is CCn1nc(C)c(Cl)c1CC(NN)c1cccc(F)c1. The number of hydrogen-bond donors (Lipinski definition) is 2. The van der Waals surface area contributed by atoms with Gasteiger partial charge in [-0.15, -0.1) is 0 Å². The summed E-state index contributed by atoms with van der Waals surface area (Å²) in [4.78, 5) is 0. The van der Waals surface area contributed by atoms with Gasteiger partial charge in [0.15, 0.2) is 0 Å². The number of aromatic nitrogens is 2. The number of benzene rings is 1. The van der Waals surface area contributed by atoms with Gasteiger partial charge in [0, 0.05) is 13.0 Å². The molecule has 0 aliphatic heterocycles. The van der Waals surface area contributed by atoms with Gasteiger partial charge >= 0.3 is 0 Å². The first-order valence-electron chi connectivity index (χ1n) is 6.50. The summed E-state index contributed by atoms with van der Waals surface area (Å²) >= 11 is 6.29. The molecular formula is C14H18ClFN4. The number of aryl methyl sites for hydroxylation is 2. The Kier molecular flexibility index (Phi) is 4.75. The fourth-order valence-corrected chi connectivity index (χ4v) is 2.47. The maximum absolute atomic E-state index is 13.3. The van der Waals surface area contributed by atoms with Crippen molar-refractivity contribution in [1.29, 1.82) is 0 Å². The van der Waals surface area contributed by atoms with Crippen LogP contribution in [0.3, 0.4) is 0 Å². The molecule has 0 bridgehead atoms. The van der Waals surface area contributed by atoms with Gasteiger partial charge in [-0.25, -0.2) is 4.39 Å². The lowest BCUT2D eigenvalue weighted by Crippen LogP contribution is -2.30. The molecule has 1 unspecified atom stereocenters. The van der Waals surface area contributed by atoms with Gasteiger partial charge in [-0.1, -0.05) is 23.7 Å². The average Bonchev–Trinajstić information content (AvgIpc) is 2.71. The van der Waals surface area contributed by atoms with Crippen LogP contribution in [0.4, 0.5) is 4.39 Å². The summed E-state index contributed by atoms with van der Waals surface area (Å²) in [6.07, 6.45) is 0.549. The quantitative estimate of drug-likeness (QED) is 0.659. The minimum Gasteiger partial charge on any atom is -0.271 e. The van der Waals surface area contributed by atoms with Crippen LogP contribution < -0.4 is 11.3 Å². The lowest BCUT2D eigenvalue weighted by Gasteiger charge is -2.17. The molecule has 0 amide bonds. The van der Waals surface area contributed by atoms with Crippen molar-refractivity contribution >= 4 is 11.6 Å². The standard InChI is InChI=1S/C14H18ClFN4/c1-3-20-13(14(15)9(2)19-20)8-12(18-17)10-5-4-6-11(16)7-10/h4-7,12,18H,3,8,17H2,1-2H3. The van der Waals surface area contributed by atoms with Crippen LogP contribution >= 0.6 is 11.6 Å². The third-order valence-corrected chi connectivity index (χ3v) is 3.79. The molecule has 0 saturated heterocycles. The number of nitrogens with zero attached hydrogens (tertiary/aromatic N) is 2. The van der Waals surface area contributed by atoms with Gasteiger partial charge in [0.25, 0.3) is 0 Å². The summed E-state index contributed by atoms with van der Waals surface area (Å²) < 4.78 is 15.2. The van der Waals surface area contributed by atoms with Crippen molar-refractivity contribution in [2.24, 2.45) is 5.84 Å². The van der Waals surface area contributed by atoms with Gasteiger partial charge in [0.1, 0.15) is 5.82 Å². The molecule has 0 spiro atoms. The van der Waals surface area contributed by atoms with E-state index in [0.29, 0.717) is 11.4 Å². The second-order valence-electron chi connectivity index (χ2n) is 4.64. The second-order valence-corrected chi connectivity index (χ2v) is 5.02. The Labute approximate surface area is 122 Å². The third-order valence-electron chi connectivity index (χ3n) is 3.30. The first kappa shape index (κ1) is 15.0. The minimum atomic E-state index is -0.283. The number of nitrogens with two attached hydrogens (primary N) is 1. The number of rotatable bonds is 5. The van der Waals surface area contributed by atoms with E-state index in [1.54, 1.807) is 6.07 Å². The van der Waals surface area contributed by atoms with Crippen LogP contribution in [-0.2, 0) is 13.0 Å². The summed E-state index contributed by atoms with van der Waals surface area (Å²) in [5.74, 6) is 5.32. The number of hydrazine groups is 1. The van der Waals surface area contributed by atoms with Gasteiger partial charge in [0.2, 0.25) is 0 Å². The highest BCUT2D eigenvalue weighted by molar-refractivity contribution is 6.31. The van der Waals surface area contributed by atoms with E-state index >= 15 is 0 Å². The Morgan fingerprint density at radius 3 is 2.85 bits per heavy atom. The van der Waals surface area contributed by atoms with E-state index in [4.69, 9.17) is 17.4 Å². The Balaban J connectivity index is 2.31. The van der Waals surface area contributed by atoms with Crippen molar-refractivity contribution in [2.75, 3.05) is 0 Å². The monoisotopic (exact) mass is 296 g/mol. The van der Waals surface area contributed by atoms with Crippen molar-refractivity contribution < 1.29 is 4.39 Å². The highest BCUT2D eigenvalue weighted by Crippen LogP contribution is 2.26. The molecule has 6 heteroatoms. The van der Waals surface area contributed by atoms with E-state index in [9.17, 15) is 4.39 Å². The lowest BCUT2D eigenvalue weighted by molar-refractivity contribution is 0.513. The van der Waals surface area contributed by atoms with E-state index in [2.05, 4.69) is 10.5 Å². The van der Waals surface area contributed by atoms with Crippen LogP contribution in [0.5, 0.6) is 0 Å². The predicted octanol–water partition coefficient (Wildman–Crippen LogP) is 2.75. The normalized spacial score (nSPS) is 12.7. The minimum absolute atomic E-state index is 0.218. The van der Waals surface area contributed by atoms with Crippen molar-refractivity contribution in [3.63, 3.8) is 0 Å². The van der Waals surface area contributed by atoms with Crippen molar-refractivity contribution in [1.82, 2.24) is 15.2 Å². The van der Waals surface area contributed by atoms with Crippen molar-refractivity contribution in [2.45, 2.75) is 32.9 Å². The molecule has 0 radical (unpaired) electrons. The molecule has 1 aromatic carbocycles. The molecule has 108 valence electrons. The number of hydrogen-bond acceptors (Lipinski definition) is 3. The second kappa shape index (κ2) is 6.35. The molecule has 2 rings (SSSR count). The Hall–Kier alpha value is -1.43. The van der Waals surface area contributed by atoms with Gasteiger partial charge < -0.3 is 0 Å². The summed E-state index contributed by atoms with van der Waals surface area (Å²) in [5, 5.41) is 5.01. The van der Waals surface area contributed by atoms with Crippen LogP contribution in [0.15, 0.2) is 24.3 Å². The van der Waals surface area contributed by atoms with Gasteiger partial charge in [0.05, 0.1) is 22.5 Å². The van der Waals surface area contributed by atoms with E-state index < -0.39 is 0 Å². The summed E-state index contributed by atoms with van der Waals surface area (Å²) in [7, 11) is 0. The molecule has 2 aromatic rings. The van der Waals surface area contributed by atoms with Crippen LogP contribution in [0.1, 0.15) is 29.9 Å². The zero-order valence-corrected chi connectivity index (χ0v) is 12.3. The Morgan fingerprint density at radius 1 is 1.50 bits per heavy atom. The predicted molar refractivity (Wildman–Crippen MR) is 77.8 cm³/mol. The maximum atomic E-state index is 13.3. The largest absolute Gasteiger partial charge is 0.271 e. The van der Waals surface area contributed by atoms with Crippen LogP contribution in [0.2, 0.25) is 5.02 Å². The van der Waals surface area contributed by atoms with Gasteiger partial charge in [-0.2, -0.15) is 5.10 Å². The van der Waals surface area contributed by atoms with Crippen LogP contribution in [-0.4, -0.2) is 9.78 Å². The third kappa shape index (κ3) is 3.00. The van der Waals surface area contributed by atoms with Crippen molar-refractivity contribution in [3.8, 4) is 0 Å². The summed E-state index contributed by atoms with van der Waals surface area (Å²) in [6.45, 7) is 4.59. The smallest absolute Gasteiger partial charge is 0.123 e. The average molecular weight is 297 g/mol. The molecule has 0 aliphatic carbocycles. The first-order chi connectivity index (χ1) is 9.56. The highest BCUT2D eigenvalue weighted by Gasteiger charge is 2.18. The Bertz CT molecular complexity index is 597.